The van der Waals surface area contributed by atoms with Crippen LogP contribution in [-0.2, 0) is 0 Å². The van der Waals surface area contributed by atoms with E-state index in [-0.39, 0.29) is 6.04 Å². The van der Waals surface area contributed by atoms with Crippen molar-refractivity contribution >= 4 is 43.2 Å². The van der Waals surface area contributed by atoms with E-state index in [4.69, 9.17) is 0 Å². The summed E-state index contributed by atoms with van der Waals surface area (Å²) in [6, 6.07) is 6.88. The molecular formula is C14H16Br2N2S. The predicted molar refractivity (Wildman–Crippen MR) is 88.8 cm³/mol. The van der Waals surface area contributed by atoms with Crippen LogP contribution in [0.2, 0.25) is 0 Å². The number of aromatic nitrogens is 1. The van der Waals surface area contributed by atoms with Crippen LogP contribution in [0.1, 0.15) is 36.2 Å². The maximum absolute atomic E-state index is 4.62. The first-order chi connectivity index (χ1) is 8.97. The zero-order chi connectivity index (χ0) is 14.0. The molecule has 0 saturated carbocycles. The number of hydrogen-bond acceptors (Lipinski definition) is 3. The van der Waals surface area contributed by atoms with E-state index in [1.165, 1.54) is 5.56 Å². The van der Waals surface area contributed by atoms with Crippen LogP contribution in [0.4, 0.5) is 0 Å². The van der Waals surface area contributed by atoms with Crippen LogP contribution in [0, 0.1) is 6.92 Å². The van der Waals surface area contributed by atoms with Crippen LogP contribution in [0.25, 0.3) is 0 Å². The standard InChI is InChI=1S/C14H16Br2N2S/c1-8(2)17-13(14-18-9(3)7-19-14)10-4-5-11(15)12(16)6-10/h4-8,13,17H,1-3H3. The Labute approximate surface area is 134 Å². The third-order valence-corrected chi connectivity index (χ3v) is 5.57. The minimum atomic E-state index is 0.142. The van der Waals surface area contributed by atoms with Crippen LogP contribution in [0.15, 0.2) is 32.5 Å². The average molecular weight is 404 g/mol. The molecule has 2 rings (SSSR count). The van der Waals surface area contributed by atoms with Gasteiger partial charge in [-0.3, -0.25) is 0 Å². The Morgan fingerprint density at radius 3 is 2.47 bits per heavy atom. The van der Waals surface area contributed by atoms with Crippen LogP contribution in [-0.4, -0.2) is 11.0 Å². The Balaban J connectivity index is 2.39. The van der Waals surface area contributed by atoms with Crippen molar-refractivity contribution in [3.05, 3.63) is 48.8 Å². The molecule has 0 amide bonds. The highest BCUT2D eigenvalue weighted by Crippen LogP contribution is 2.31. The number of halogens is 2. The fourth-order valence-corrected chi connectivity index (χ4v) is 3.36. The Bertz CT molecular complexity index is 566. The first-order valence-corrected chi connectivity index (χ1v) is 8.57. The summed E-state index contributed by atoms with van der Waals surface area (Å²) in [5.74, 6) is 0. The molecule has 0 bridgehead atoms. The number of aryl methyl sites for hydroxylation is 1. The van der Waals surface area contributed by atoms with E-state index in [0.717, 1.165) is 19.6 Å². The molecule has 2 nitrogen and oxygen atoms in total. The SMILES string of the molecule is Cc1csc(C(NC(C)C)c2ccc(Br)c(Br)c2)n1. The van der Waals surface area contributed by atoms with Crippen molar-refractivity contribution in [2.75, 3.05) is 0 Å². The van der Waals surface area contributed by atoms with Crippen LogP contribution in [0.3, 0.4) is 0 Å². The Kier molecular flexibility index (Phi) is 5.17. The largest absolute Gasteiger partial charge is 0.302 e. The average Bonchev–Trinajstić information content (AvgIpc) is 2.76. The van der Waals surface area contributed by atoms with Gasteiger partial charge in [-0.2, -0.15) is 0 Å². The van der Waals surface area contributed by atoms with Crippen molar-refractivity contribution in [2.45, 2.75) is 32.9 Å². The number of rotatable bonds is 4. The molecule has 0 aliphatic carbocycles. The first-order valence-electron chi connectivity index (χ1n) is 6.10. The van der Waals surface area contributed by atoms with Gasteiger partial charge in [-0.05, 0) is 70.3 Å². The van der Waals surface area contributed by atoms with Gasteiger partial charge in [-0.15, -0.1) is 11.3 Å². The monoisotopic (exact) mass is 402 g/mol. The van der Waals surface area contributed by atoms with Gasteiger partial charge in [0.05, 0.1) is 6.04 Å². The summed E-state index contributed by atoms with van der Waals surface area (Å²) in [5, 5.41) is 6.79. The molecule has 1 aromatic carbocycles. The third kappa shape index (κ3) is 3.88. The normalized spacial score (nSPS) is 12.9. The minimum absolute atomic E-state index is 0.142. The molecule has 1 heterocycles. The predicted octanol–water partition coefficient (Wildman–Crippen LogP) is 5.06. The molecule has 19 heavy (non-hydrogen) atoms. The highest BCUT2D eigenvalue weighted by molar-refractivity contribution is 9.13. The molecule has 102 valence electrons. The number of nitrogens with one attached hydrogen (secondary N) is 1. The molecule has 2 aromatic rings. The van der Waals surface area contributed by atoms with E-state index in [0.29, 0.717) is 6.04 Å². The van der Waals surface area contributed by atoms with E-state index >= 15 is 0 Å². The lowest BCUT2D eigenvalue weighted by atomic mass is 10.1. The second kappa shape index (κ2) is 6.48. The topological polar surface area (TPSA) is 24.9 Å². The summed E-state index contributed by atoms with van der Waals surface area (Å²) < 4.78 is 2.13. The Morgan fingerprint density at radius 2 is 1.95 bits per heavy atom. The first kappa shape index (κ1) is 15.2. The van der Waals surface area contributed by atoms with Crippen molar-refractivity contribution < 1.29 is 0 Å². The minimum Gasteiger partial charge on any atom is -0.302 e. The van der Waals surface area contributed by atoms with E-state index in [2.05, 4.69) is 79.6 Å². The zero-order valence-electron chi connectivity index (χ0n) is 11.1. The van der Waals surface area contributed by atoms with Gasteiger partial charge in [0.2, 0.25) is 0 Å². The van der Waals surface area contributed by atoms with Crippen molar-refractivity contribution in [3.63, 3.8) is 0 Å². The lowest BCUT2D eigenvalue weighted by Gasteiger charge is -2.20. The second-order valence-corrected chi connectivity index (χ2v) is 7.35. The van der Waals surface area contributed by atoms with E-state index in [9.17, 15) is 0 Å². The Hall–Kier alpha value is -0.230. The Morgan fingerprint density at radius 1 is 1.21 bits per heavy atom. The molecule has 0 aliphatic rings. The van der Waals surface area contributed by atoms with Crippen molar-refractivity contribution in [1.29, 1.82) is 0 Å². The van der Waals surface area contributed by atoms with E-state index in [1.54, 1.807) is 11.3 Å². The van der Waals surface area contributed by atoms with Gasteiger partial charge < -0.3 is 5.32 Å². The fourth-order valence-electron chi connectivity index (χ4n) is 1.84. The lowest BCUT2D eigenvalue weighted by Crippen LogP contribution is -2.28. The molecule has 5 heteroatoms. The lowest BCUT2D eigenvalue weighted by molar-refractivity contribution is 0.526. The van der Waals surface area contributed by atoms with Gasteiger partial charge in [0.15, 0.2) is 0 Å². The van der Waals surface area contributed by atoms with Gasteiger partial charge in [-0.1, -0.05) is 6.07 Å². The molecule has 0 saturated heterocycles. The summed E-state index contributed by atoms with van der Waals surface area (Å²) >= 11 is 8.78. The highest BCUT2D eigenvalue weighted by Gasteiger charge is 2.18. The zero-order valence-corrected chi connectivity index (χ0v) is 15.1. The van der Waals surface area contributed by atoms with Crippen LogP contribution in [0.5, 0.6) is 0 Å². The maximum Gasteiger partial charge on any atom is 0.114 e. The summed E-state index contributed by atoms with van der Waals surface area (Å²) in [7, 11) is 0. The molecule has 0 aliphatic heterocycles. The number of benzene rings is 1. The summed E-state index contributed by atoms with van der Waals surface area (Å²) in [5.41, 5.74) is 2.30. The third-order valence-electron chi connectivity index (χ3n) is 2.66. The smallest absolute Gasteiger partial charge is 0.114 e. The van der Waals surface area contributed by atoms with E-state index in [1.807, 2.05) is 6.92 Å². The summed E-state index contributed by atoms with van der Waals surface area (Å²) in [6.45, 7) is 6.34. The second-order valence-electron chi connectivity index (χ2n) is 4.76. The quantitative estimate of drug-likeness (QED) is 0.771. The summed E-state index contributed by atoms with van der Waals surface area (Å²) in [6.07, 6.45) is 0. The maximum atomic E-state index is 4.62. The molecule has 0 fully saturated rings. The molecular weight excluding hydrogens is 388 g/mol. The highest BCUT2D eigenvalue weighted by atomic mass is 79.9. The number of nitrogens with zero attached hydrogens (tertiary/aromatic N) is 1. The molecule has 1 N–H and O–H groups in total. The molecule has 0 radical (unpaired) electrons. The van der Waals surface area contributed by atoms with Crippen LogP contribution >= 0.6 is 43.2 Å². The number of hydrogen-bond donors (Lipinski definition) is 1. The van der Waals surface area contributed by atoms with Gasteiger partial charge in [-0.25, -0.2) is 4.98 Å². The van der Waals surface area contributed by atoms with Gasteiger partial charge >= 0.3 is 0 Å². The van der Waals surface area contributed by atoms with Crippen molar-refractivity contribution in [1.82, 2.24) is 10.3 Å². The van der Waals surface area contributed by atoms with Gasteiger partial charge in [0.25, 0.3) is 0 Å². The van der Waals surface area contributed by atoms with Crippen molar-refractivity contribution in [2.24, 2.45) is 0 Å². The fraction of sp³-hybridized carbons (Fsp3) is 0.357. The molecule has 1 atom stereocenters. The molecule has 0 spiro atoms. The van der Waals surface area contributed by atoms with Gasteiger partial charge in [0, 0.05) is 26.1 Å². The molecule has 1 aromatic heterocycles. The van der Waals surface area contributed by atoms with Crippen molar-refractivity contribution in [3.8, 4) is 0 Å². The summed E-state index contributed by atoms with van der Waals surface area (Å²) in [4.78, 5) is 4.62. The van der Waals surface area contributed by atoms with Gasteiger partial charge in [0.1, 0.15) is 5.01 Å². The van der Waals surface area contributed by atoms with Crippen LogP contribution < -0.4 is 5.32 Å². The van der Waals surface area contributed by atoms with E-state index < -0.39 is 0 Å². The molecule has 1 unspecified atom stereocenters. The number of thiazole rings is 1.